The fourth-order valence-corrected chi connectivity index (χ4v) is 4.06. The molecule has 0 saturated heterocycles. The normalized spacial score (nSPS) is 11.7. The van der Waals surface area contributed by atoms with Crippen LogP contribution < -0.4 is 10.6 Å². The summed E-state index contributed by atoms with van der Waals surface area (Å²) in [6, 6.07) is 17.8. The van der Waals surface area contributed by atoms with Gasteiger partial charge in [0, 0.05) is 23.9 Å². The number of carbonyl (C=O) groups is 2. The van der Waals surface area contributed by atoms with E-state index in [-0.39, 0.29) is 23.6 Å². The van der Waals surface area contributed by atoms with Crippen LogP contribution in [0.5, 0.6) is 0 Å². The van der Waals surface area contributed by atoms with Gasteiger partial charge in [0.2, 0.25) is 5.91 Å². The van der Waals surface area contributed by atoms with Crippen molar-refractivity contribution in [2.75, 3.05) is 5.32 Å². The maximum absolute atomic E-state index is 12.6. The highest BCUT2D eigenvalue weighted by molar-refractivity contribution is 7.14. The number of nitrogens with zero attached hydrogens (tertiary/aromatic N) is 4. The Balaban J connectivity index is 1.35. The number of rotatable bonds is 8. The first-order chi connectivity index (χ1) is 16.0. The van der Waals surface area contributed by atoms with Crippen molar-refractivity contribution >= 4 is 28.3 Å². The van der Waals surface area contributed by atoms with Gasteiger partial charge in [-0.15, -0.1) is 16.4 Å². The summed E-state index contributed by atoms with van der Waals surface area (Å²) in [6.07, 6.45) is 3.34. The standard InChI is InChI=1S/C24H24N6O2S/c1-16(25-17(2)31)8-9-18-10-12-19(13-11-18)22-15-33-24(26-22)27-23(32)21-14-30(29-28-21)20-6-4-3-5-7-20/h3-7,10-16H,8-9H2,1-2H3,(H,25,31)(H,26,27,32). The number of hydrogen-bond donors (Lipinski definition) is 2. The molecule has 4 aromatic rings. The number of aromatic nitrogens is 4. The lowest BCUT2D eigenvalue weighted by Gasteiger charge is -2.12. The van der Waals surface area contributed by atoms with Gasteiger partial charge in [0.15, 0.2) is 10.8 Å². The highest BCUT2D eigenvalue weighted by Gasteiger charge is 2.14. The monoisotopic (exact) mass is 460 g/mol. The number of carbonyl (C=O) groups excluding carboxylic acids is 2. The zero-order chi connectivity index (χ0) is 23.2. The third-order valence-electron chi connectivity index (χ3n) is 5.04. The smallest absolute Gasteiger partial charge is 0.279 e. The van der Waals surface area contributed by atoms with Gasteiger partial charge in [0.1, 0.15) is 0 Å². The minimum absolute atomic E-state index is 0.00918. The highest BCUT2D eigenvalue weighted by atomic mass is 32.1. The molecule has 1 atom stereocenters. The fourth-order valence-electron chi connectivity index (χ4n) is 3.34. The molecule has 8 nitrogen and oxygen atoms in total. The third kappa shape index (κ3) is 5.89. The zero-order valence-electron chi connectivity index (χ0n) is 18.4. The summed E-state index contributed by atoms with van der Waals surface area (Å²) in [7, 11) is 0. The van der Waals surface area contributed by atoms with Crippen LogP contribution >= 0.6 is 11.3 Å². The first kappa shape index (κ1) is 22.3. The molecule has 0 bridgehead atoms. The van der Waals surface area contributed by atoms with E-state index in [2.05, 4.69) is 38.1 Å². The predicted octanol–water partition coefficient (Wildman–Crippen LogP) is 4.10. The van der Waals surface area contributed by atoms with Gasteiger partial charge in [-0.2, -0.15) is 0 Å². The molecule has 0 aliphatic carbocycles. The van der Waals surface area contributed by atoms with Gasteiger partial charge in [-0.3, -0.25) is 14.9 Å². The molecule has 2 amide bonds. The molecule has 2 aromatic carbocycles. The minimum atomic E-state index is -0.360. The maximum atomic E-state index is 12.6. The van der Waals surface area contributed by atoms with Crippen LogP contribution in [-0.4, -0.2) is 37.8 Å². The van der Waals surface area contributed by atoms with Crippen LogP contribution in [0.3, 0.4) is 0 Å². The fraction of sp³-hybridized carbons (Fsp3) is 0.208. The molecule has 2 aromatic heterocycles. The van der Waals surface area contributed by atoms with Gasteiger partial charge in [-0.1, -0.05) is 47.7 Å². The molecular formula is C24H24N6O2S. The van der Waals surface area contributed by atoms with E-state index in [1.54, 1.807) is 10.9 Å². The van der Waals surface area contributed by atoms with E-state index in [9.17, 15) is 9.59 Å². The zero-order valence-corrected chi connectivity index (χ0v) is 19.2. The van der Waals surface area contributed by atoms with E-state index < -0.39 is 0 Å². The molecule has 0 aliphatic heterocycles. The van der Waals surface area contributed by atoms with Gasteiger partial charge >= 0.3 is 0 Å². The molecule has 4 rings (SSSR count). The van der Waals surface area contributed by atoms with E-state index in [4.69, 9.17) is 0 Å². The van der Waals surface area contributed by atoms with E-state index in [1.165, 1.54) is 23.8 Å². The Kier molecular flexibility index (Phi) is 6.89. The molecule has 0 saturated carbocycles. The van der Waals surface area contributed by atoms with Crippen LogP contribution in [0, 0.1) is 0 Å². The molecular weight excluding hydrogens is 436 g/mol. The van der Waals surface area contributed by atoms with Gasteiger partial charge in [0.25, 0.3) is 5.91 Å². The molecule has 0 aliphatic rings. The molecule has 2 N–H and O–H groups in total. The number of amides is 2. The van der Waals surface area contributed by atoms with E-state index in [0.29, 0.717) is 5.13 Å². The average Bonchev–Trinajstić information content (AvgIpc) is 3.48. The van der Waals surface area contributed by atoms with Crippen LogP contribution in [0.1, 0.15) is 36.3 Å². The second-order valence-electron chi connectivity index (χ2n) is 7.71. The number of anilines is 1. The number of hydrogen-bond acceptors (Lipinski definition) is 6. The second kappa shape index (κ2) is 10.2. The Morgan fingerprint density at radius 1 is 1.09 bits per heavy atom. The lowest BCUT2D eigenvalue weighted by Crippen LogP contribution is -2.30. The van der Waals surface area contributed by atoms with E-state index >= 15 is 0 Å². The number of benzene rings is 2. The predicted molar refractivity (Wildman–Crippen MR) is 128 cm³/mol. The van der Waals surface area contributed by atoms with Crippen molar-refractivity contribution in [2.24, 2.45) is 0 Å². The Morgan fingerprint density at radius 2 is 1.85 bits per heavy atom. The highest BCUT2D eigenvalue weighted by Crippen LogP contribution is 2.25. The average molecular weight is 461 g/mol. The Hall–Kier alpha value is -3.85. The lowest BCUT2D eigenvalue weighted by molar-refractivity contribution is -0.119. The van der Waals surface area contributed by atoms with Crippen molar-refractivity contribution < 1.29 is 9.59 Å². The molecule has 9 heteroatoms. The number of nitrogens with one attached hydrogen (secondary N) is 2. The van der Waals surface area contributed by atoms with Crippen LogP contribution in [0.4, 0.5) is 5.13 Å². The van der Waals surface area contributed by atoms with Crippen molar-refractivity contribution in [2.45, 2.75) is 32.7 Å². The van der Waals surface area contributed by atoms with Crippen molar-refractivity contribution in [3.05, 3.63) is 77.4 Å². The number of aryl methyl sites for hydroxylation is 1. The summed E-state index contributed by atoms with van der Waals surface area (Å²) in [5.74, 6) is -0.369. The summed E-state index contributed by atoms with van der Waals surface area (Å²) in [4.78, 5) is 28.2. The number of para-hydroxylation sites is 1. The molecule has 168 valence electrons. The first-order valence-corrected chi connectivity index (χ1v) is 11.5. The molecule has 1 unspecified atom stereocenters. The van der Waals surface area contributed by atoms with E-state index in [0.717, 1.165) is 29.8 Å². The van der Waals surface area contributed by atoms with Crippen LogP contribution in [0.25, 0.3) is 16.9 Å². The molecule has 0 fully saturated rings. The number of thiazole rings is 1. The van der Waals surface area contributed by atoms with E-state index in [1.807, 2.05) is 54.8 Å². The Bertz CT molecular complexity index is 1230. The van der Waals surface area contributed by atoms with Gasteiger partial charge < -0.3 is 5.32 Å². The quantitative estimate of drug-likeness (QED) is 0.412. The summed E-state index contributed by atoms with van der Waals surface area (Å²) in [5.41, 5.74) is 4.00. The summed E-state index contributed by atoms with van der Waals surface area (Å²) in [5, 5.41) is 16.1. The second-order valence-corrected chi connectivity index (χ2v) is 8.57. The van der Waals surface area contributed by atoms with Gasteiger partial charge in [0.05, 0.1) is 17.6 Å². The van der Waals surface area contributed by atoms with Gasteiger partial charge in [-0.05, 0) is 37.5 Å². The van der Waals surface area contributed by atoms with Crippen LogP contribution in [-0.2, 0) is 11.2 Å². The Labute approximate surface area is 195 Å². The molecule has 2 heterocycles. The van der Waals surface area contributed by atoms with Crippen molar-refractivity contribution in [1.29, 1.82) is 0 Å². The van der Waals surface area contributed by atoms with Crippen molar-refractivity contribution in [3.63, 3.8) is 0 Å². The summed E-state index contributed by atoms with van der Waals surface area (Å²) in [6.45, 7) is 3.53. The summed E-state index contributed by atoms with van der Waals surface area (Å²) < 4.78 is 1.56. The lowest BCUT2D eigenvalue weighted by atomic mass is 10.0. The largest absolute Gasteiger partial charge is 0.354 e. The van der Waals surface area contributed by atoms with Crippen LogP contribution in [0.2, 0.25) is 0 Å². The Morgan fingerprint density at radius 3 is 2.58 bits per heavy atom. The minimum Gasteiger partial charge on any atom is -0.354 e. The molecule has 33 heavy (non-hydrogen) atoms. The topological polar surface area (TPSA) is 102 Å². The van der Waals surface area contributed by atoms with Crippen molar-refractivity contribution in [3.8, 4) is 16.9 Å². The third-order valence-corrected chi connectivity index (χ3v) is 5.79. The van der Waals surface area contributed by atoms with Gasteiger partial charge in [-0.25, -0.2) is 9.67 Å². The van der Waals surface area contributed by atoms with Crippen LogP contribution in [0.15, 0.2) is 66.2 Å². The SMILES string of the molecule is CC(=O)NC(C)CCc1ccc(-c2csc(NC(=O)c3cn(-c4ccccc4)nn3)n2)cc1. The molecule has 0 radical (unpaired) electrons. The first-order valence-electron chi connectivity index (χ1n) is 10.6. The molecule has 0 spiro atoms. The maximum Gasteiger partial charge on any atom is 0.279 e. The summed E-state index contributed by atoms with van der Waals surface area (Å²) >= 11 is 1.36. The van der Waals surface area contributed by atoms with Crippen molar-refractivity contribution in [1.82, 2.24) is 25.3 Å².